The van der Waals surface area contributed by atoms with Gasteiger partial charge in [0.05, 0.1) is 11.9 Å². The first kappa shape index (κ1) is 15.3. The van der Waals surface area contributed by atoms with E-state index in [4.69, 9.17) is 0 Å². The van der Waals surface area contributed by atoms with Crippen LogP contribution < -0.4 is 10.0 Å². The lowest BCUT2D eigenvalue weighted by atomic mass is 10.2. The zero-order valence-electron chi connectivity index (χ0n) is 11.1. The fourth-order valence-corrected chi connectivity index (χ4v) is 2.93. The Labute approximate surface area is 121 Å². The van der Waals surface area contributed by atoms with Gasteiger partial charge in [-0.05, 0) is 36.9 Å². The number of hydrogen-bond donors (Lipinski definition) is 2. The number of pyridine rings is 1. The SMILES string of the molecule is CNCc1cc(F)c(F)c(S(=O)(=O)Nc2cccnc2)c1. The van der Waals surface area contributed by atoms with Crippen molar-refractivity contribution in [3.63, 3.8) is 0 Å². The van der Waals surface area contributed by atoms with E-state index < -0.39 is 26.6 Å². The summed E-state index contributed by atoms with van der Waals surface area (Å²) in [4.78, 5) is 3.01. The Hall–Kier alpha value is -2.06. The molecule has 0 aliphatic carbocycles. The molecule has 0 spiro atoms. The number of rotatable bonds is 5. The fraction of sp³-hybridized carbons (Fsp3) is 0.154. The molecule has 0 fully saturated rings. The molecule has 1 heterocycles. The van der Waals surface area contributed by atoms with Crippen LogP contribution >= 0.6 is 0 Å². The van der Waals surface area contributed by atoms with Crippen LogP contribution in [-0.2, 0) is 16.6 Å². The minimum absolute atomic E-state index is 0.163. The summed E-state index contributed by atoms with van der Waals surface area (Å²) in [5.74, 6) is -2.62. The van der Waals surface area contributed by atoms with E-state index >= 15 is 0 Å². The monoisotopic (exact) mass is 313 g/mol. The highest BCUT2D eigenvalue weighted by atomic mass is 32.2. The van der Waals surface area contributed by atoms with Crippen molar-refractivity contribution in [2.24, 2.45) is 0 Å². The van der Waals surface area contributed by atoms with Crippen molar-refractivity contribution in [3.05, 3.63) is 53.9 Å². The van der Waals surface area contributed by atoms with Gasteiger partial charge in [-0.2, -0.15) is 0 Å². The molecule has 2 N–H and O–H groups in total. The third-order valence-corrected chi connectivity index (χ3v) is 4.02. The molecule has 1 aromatic carbocycles. The van der Waals surface area contributed by atoms with Gasteiger partial charge in [-0.25, -0.2) is 17.2 Å². The van der Waals surface area contributed by atoms with Crippen LogP contribution in [0.2, 0.25) is 0 Å². The van der Waals surface area contributed by atoms with Crippen LogP contribution in [-0.4, -0.2) is 20.4 Å². The summed E-state index contributed by atoms with van der Waals surface area (Å²) in [7, 11) is -2.63. The van der Waals surface area contributed by atoms with E-state index in [1.807, 2.05) is 0 Å². The lowest BCUT2D eigenvalue weighted by Crippen LogP contribution is -2.17. The number of aromatic nitrogens is 1. The fourth-order valence-electron chi connectivity index (χ4n) is 1.75. The summed E-state index contributed by atoms with van der Waals surface area (Å²) >= 11 is 0. The molecule has 2 aromatic rings. The number of sulfonamides is 1. The number of nitrogens with one attached hydrogen (secondary N) is 2. The summed E-state index contributed by atoms with van der Waals surface area (Å²) in [6.45, 7) is 0.215. The second-order valence-electron chi connectivity index (χ2n) is 4.27. The predicted octanol–water partition coefficient (Wildman–Crippen LogP) is 1.88. The molecule has 0 atom stereocenters. The van der Waals surface area contributed by atoms with Gasteiger partial charge < -0.3 is 5.32 Å². The van der Waals surface area contributed by atoms with E-state index in [0.29, 0.717) is 5.56 Å². The number of benzene rings is 1. The second-order valence-corrected chi connectivity index (χ2v) is 5.92. The van der Waals surface area contributed by atoms with E-state index in [0.717, 1.165) is 12.1 Å². The Morgan fingerprint density at radius 3 is 2.67 bits per heavy atom. The molecule has 21 heavy (non-hydrogen) atoms. The first-order valence-electron chi connectivity index (χ1n) is 5.99. The first-order valence-corrected chi connectivity index (χ1v) is 7.47. The van der Waals surface area contributed by atoms with Crippen LogP contribution in [0.1, 0.15) is 5.56 Å². The van der Waals surface area contributed by atoms with E-state index in [1.165, 1.54) is 24.5 Å². The Morgan fingerprint density at radius 1 is 1.29 bits per heavy atom. The van der Waals surface area contributed by atoms with E-state index in [-0.39, 0.29) is 12.2 Å². The summed E-state index contributed by atoms with van der Waals surface area (Å²) in [5, 5.41) is 2.74. The minimum Gasteiger partial charge on any atom is -0.316 e. The highest BCUT2D eigenvalue weighted by Gasteiger charge is 2.23. The molecule has 2 rings (SSSR count). The van der Waals surface area contributed by atoms with E-state index in [9.17, 15) is 17.2 Å². The van der Waals surface area contributed by atoms with Crippen molar-refractivity contribution in [1.82, 2.24) is 10.3 Å². The van der Waals surface area contributed by atoms with Crippen molar-refractivity contribution < 1.29 is 17.2 Å². The maximum Gasteiger partial charge on any atom is 0.264 e. The summed E-state index contributed by atoms with van der Waals surface area (Å²) in [5.41, 5.74) is 0.485. The molecule has 0 bridgehead atoms. The molecular weight excluding hydrogens is 300 g/mol. The highest BCUT2D eigenvalue weighted by Crippen LogP contribution is 2.22. The maximum absolute atomic E-state index is 13.8. The summed E-state index contributed by atoms with van der Waals surface area (Å²) in [6, 6.07) is 5.02. The van der Waals surface area contributed by atoms with Crippen molar-refractivity contribution in [2.45, 2.75) is 11.4 Å². The molecule has 0 aliphatic heterocycles. The highest BCUT2D eigenvalue weighted by molar-refractivity contribution is 7.92. The van der Waals surface area contributed by atoms with Crippen LogP contribution in [0, 0.1) is 11.6 Å². The minimum atomic E-state index is -4.24. The molecule has 0 saturated heterocycles. The van der Waals surface area contributed by atoms with E-state index in [2.05, 4.69) is 15.0 Å². The zero-order valence-corrected chi connectivity index (χ0v) is 11.9. The second kappa shape index (κ2) is 6.15. The average Bonchev–Trinajstić information content (AvgIpc) is 2.43. The molecule has 5 nitrogen and oxygen atoms in total. The van der Waals surface area contributed by atoms with Crippen LogP contribution in [0.3, 0.4) is 0 Å². The van der Waals surface area contributed by atoms with Crippen molar-refractivity contribution in [1.29, 1.82) is 0 Å². The largest absolute Gasteiger partial charge is 0.316 e. The number of nitrogens with zero attached hydrogens (tertiary/aromatic N) is 1. The standard InChI is InChI=1S/C13H13F2N3O2S/c1-16-7-9-5-11(14)13(15)12(6-9)21(19,20)18-10-3-2-4-17-8-10/h2-6,8,16,18H,7H2,1H3. The smallest absolute Gasteiger partial charge is 0.264 e. The Morgan fingerprint density at radius 2 is 2.05 bits per heavy atom. The first-order chi connectivity index (χ1) is 9.94. The Bertz CT molecular complexity index is 737. The van der Waals surface area contributed by atoms with Crippen LogP contribution in [0.25, 0.3) is 0 Å². The van der Waals surface area contributed by atoms with Gasteiger partial charge in [0, 0.05) is 12.7 Å². The third-order valence-electron chi connectivity index (χ3n) is 2.64. The Balaban J connectivity index is 2.44. The van der Waals surface area contributed by atoms with Gasteiger partial charge in [0.15, 0.2) is 11.6 Å². The van der Waals surface area contributed by atoms with Crippen molar-refractivity contribution in [2.75, 3.05) is 11.8 Å². The summed E-state index contributed by atoms with van der Waals surface area (Å²) in [6.07, 6.45) is 2.73. The Kier molecular flexibility index (Phi) is 4.49. The van der Waals surface area contributed by atoms with Gasteiger partial charge in [-0.1, -0.05) is 0 Å². The van der Waals surface area contributed by atoms with Gasteiger partial charge in [-0.3, -0.25) is 9.71 Å². The molecule has 8 heteroatoms. The van der Waals surface area contributed by atoms with Crippen LogP contribution in [0.4, 0.5) is 14.5 Å². The molecule has 0 radical (unpaired) electrons. The molecule has 0 saturated carbocycles. The summed E-state index contributed by atoms with van der Waals surface area (Å²) < 4.78 is 53.8. The van der Waals surface area contributed by atoms with Gasteiger partial charge >= 0.3 is 0 Å². The van der Waals surface area contributed by atoms with Crippen molar-refractivity contribution in [3.8, 4) is 0 Å². The quantitative estimate of drug-likeness (QED) is 0.884. The topological polar surface area (TPSA) is 71.1 Å². The van der Waals surface area contributed by atoms with E-state index in [1.54, 1.807) is 7.05 Å². The van der Waals surface area contributed by atoms with Crippen molar-refractivity contribution >= 4 is 15.7 Å². The molecule has 0 unspecified atom stereocenters. The molecular formula is C13H13F2N3O2S. The van der Waals surface area contributed by atoms with Crippen LogP contribution in [0.5, 0.6) is 0 Å². The number of hydrogen-bond acceptors (Lipinski definition) is 4. The average molecular weight is 313 g/mol. The molecule has 1 aromatic heterocycles. The number of halogens is 2. The molecule has 0 aliphatic rings. The van der Waals surface area contributed by atoms with Gasteiger partial charge in [0.2, 0.25) is 0 Å². The van der Waals surface area contributed by atoms with Gasteiger partial charge in [0.25, 0.3) is 10.0 Å². The maximum atomic E-state index is 13.8. The third kappa shape index (κ3) is 3.53. The molecule has 112 valence electrons. The van der Waals surface area contributed by atoms with Gasteiger partial charge in [0.1, 0.15) is 4.90 Å². The zero-order chi connectivity index (χ0) is 15.5. The lowest BCUT2D eigenvalue weighted by molar-refractivity contribution is 0.483. The normalized spacial score (nSPS) is 11.4. The van der Waals surface area contributed by atoms with Crippen LogP contribution in [0.15, 0.2) is 41.6 Å². The predicted molar refractivity (Wildman–Crippen MR) is 74.2 cm³/mol. The molecule has 0 amide bonds. The lowest BCUT2D eigenvalue weighted by Gasteiger charge is -2.11. The number of anilines is 1. The van der Waals surface area contributed by atoms with Gasteiger partial charge in [-0.15, -0.1) is 0 Å².